The third-order valence-electron chi connectivity index (χ3n) is 11.9. The lowest BCUT2D eigenvalue weighted by Gasteiger charge is -2.32. The molecule has 1 aromatic heterocycles. The second kappa shape index (κ2) is 25.1. The number of nitrogens with one attached hydrogen (secondary N) is 4. The van der Waals surface area contributed by atoms with Crippen LogP contribution >= 0.6 is 0 Å². The Kier molecular flexibility index (Phi) is 19.2. The number of amides is 5. The molecule has 0 radical (unpaired) electrons. The molecule has 4 bridgehead atoms. The van der Waals surface area contributed by atoms with Crippen molar-refractivity contribution in [3.8, 4) is 33.8 Å². The molecular formula is C50H64N8O9. The molecule has 5 rings (SSSR count). The molecule has 0 unspecified atom stereocenters. The minimum atomic E-state index is -1.45. The van der Waals surface area contributed by atoms with E-state index in [1.165, 1.54) is 94.5 Å². The second-order valence-corrected chi connectivity index (χ2v) is 17.1. The van der Waals surface area contributed by atoms with Gasteiger partial charge in [0.15, 0.2) is 0 Å². The summed E-state index contributed by atoms with van der Waals surface area (Å²) in [4.78, 5) is 89.9. The van der Waals surface area contributed by atoms with Crippen molar-refractivity contribution in [1.82, 2.24) is 36.1 Å². The Balaban J connectivity index is 1.25. The van der Waals surface area contributed by atoms with Gasteiger partial charge in [0.1, 0.15) is 35.7 Å². The van der Waals surface area contributed by atoms with Gasteiger partial charge in [0.25, 0.3) is 5.91 Å². The van der Waals surface area contributed by atoms with E-state index in [1.54, 1.807) is 12.4 Å². The van der Waals surface area contributed by atoms with Gasteiger partial charge in [0, 0.05) is 55.5 Å². The number of aliphatic carboxylic acids is 1. The number of carboxylic acids is 1. The van der Waals surface area contributed by atoms with Gasteiger partial charge < -0.3 is 47.2 Å². The van der Waals surface area contributed by atoms with Gasteiger partial charge in [-0.1, -0.05) is 81.8 Å². The van der Waals surface area contributed by atoms with Gasteiger partial charge in [-0.05, 0) is 92.1 Å². The summed E-state index contributed by atoms with van der Waals surface area (Å²) in [6.45, 7) is 3.81. The highest BCUT2D eigenvalue weighted by Gasteiger charge is 2.36. The number of aromatic hydroxyl groups is 2. The second-order valence-electron chi connectivity index (χ2n) is 17.1. The molecule has 67 heavy (non-hydrogen) atoms. The van der Waals surface area contributed by atoms with Crippen molar-refractivity contribution in [1.29, 1.82) is 0 Å². The summed E-state index contributed by atoms with van der Waals surface area (Å²) in [6.07, 6.45) is 13.7. The lowest BCUT2D eigenvalue weighted by molar-refractivity contribution is -0.144. The molecule has 1 aliphatic rings. The summed E-state index contributed by atoms with van der Waals surface area (Å²) in [5.74, 6) is -5.39. The van der Waals surface area contributed by atoms with Crippen LogP contribution < -0.4 is 27.0 Å². The highest BCUT2D eigenvalue weighted by atomic mass is 16.4. The number of fused-ring (bicyclic) bond motifs is 5. The molecule has 0 saturated carbocycles. The molecule has 2 heterocycles. The Bertz CT molecular complexity index is 2340. The van der Waals surface area contributed by atoms with Gasteiger partial charge in [0.2, 0.25) is 29.5 Å². The Morgan fingerprint density at radius 2 is 1.48 bits per heavy atom. The van der Waals surface area contributed by atoms with Crippen molar-refractivity contribution in [3.05, 3.63) is 95.6 Å². The average Bonchev–Trinajstić information content (AvgIpc) is 3.31. The summed E-state index contributed by atoms with van der Waals surface area (Å²) in [6, 6.07) is 11.4. The summed E-state index contributed by atoms with van der Waals surface area (Å²) < 4.78 is 0. The number of benzene rings is 3. The molecule has 9 N–H and O–H groups in total. The van der Waals surface area contributed by atoms with Crippen LogP contribution in [0, 0.1) is 0 Å². The van der Waals surface area contributed by atoms with Gasteiger partial charge >= 0.3 is 5.97 Å². The third kappa shape index (κ3) is 14.6. The number of nitrogens with two attached hydrogens (primary N) is 1. The van der Waals surface area contributed by atoms with Gasteiger partial charge in [-0.3, -0.25) is 24.0 Å². The van der Waals surface area contributed by atoms with Crippen molar-refractivity contribution in [2.45, 2.75) is 121 Å². The van der Waals surface area contributed by atoms with E-state index in [2.05, 4.69) is 50.3 Å². The number of carboxylic acid groups (broad SMARTS) is 1. The van der Waals surface area contributed by atoms with Crippen LogP contribution in [-0.4, -0.2) is 104 Å². The van der Waals surface area contributed by atoms with Crippen molar-refractivity contribution in [2.24, 2.45) is 5.73 Å². The molecule has 0 fully saturated rings. The highest BCUT2D eigenvalue weighted by Crippen LogP contribution is 2.39. The van der Waals surface area contributed by atoms with Crippen LogP contribution in [0.3, 0.4) is 0 Å². The zero-order valence-corrected chi connectivity index (χ0v) is 38.6. The topological polar surface area (TPSA) is 266 Å². The standard InChI is InChI=1S/C50H64N8O9/c1-4-5-6-7-8-9-10-13-32-15-18-34(19-16-32)36-29-53-45(54-30-36)48(64)52-25-23-43(61)56-39(14-11-12-24-51)49(65)58(3)44-35-20-22-42(60)38(28-35)37-26-33(17-21-41(37)59)27-40(50(66)67)57-46(62)31(2)55-47(44)63/h15-22,26,28-31,39-40,44,59-60H,4-14,23-25,27,51H2,1-3H3,(H,52,64)(H,55,63)(H,56,61)(H,57,62)(H,66,67)/t31-,39-,40-,44-/m0/s1. The van der Waals surface area contributed by atoms with E-state index in [-0.39, 0.29) is 59.8 Å². The number of unbranched alkanes of at least 4 members (excludes halogenated alkanes) is 7. The van der Waals surface area contributed by atoms with Gasteiger partial charge in [-0.15, -0.1) is 0 Å². The third-order valence-corrected chi connectivity index (χ3v) is 11.9. The molecule has 0 saturated heterocycles. The molecule has 4 aromatic rings. The minimum absolute atomic E-state index is 0.0773. The quantitative estimate of drug-likeness (QED) is 0.0509. The van der Waals surface area contributed by atoms with Crippen LogP contribution in [-0.2, 0) is 36.8 Å². The lowest BCUT2D eigenvalue weighted by Crippen LogP contribution is -2.54. The van der Waals surface area contributed by atoms with Gasteiger partial charge in [0.05, 0.1) is 0 Å². The Morgan fingerprint density at radius 3 is 2.15 bits per heavy atom. The highest BCUT2D eigenvalue weighted by molar-refractivity contribution is 5.96. The van der Waals surface area contributed by atoms with E-state index in [9.17, 15) is 44.1 Å². The first kappa shape index (κ1) is 51.1. The van der Waals surface area contributed by atoms with Crippen LogP contribution in [0.4, 0.5) is 0 Å². The molecule has 5 amide bonds. The molecule has 0 aliphatic carbocycles. The molecule has 3 aromatic carbocycles. The van der Waals surface area contributed by atoms with E-state index in [4.69, 9.17) is 5.73 Å². The number of nitrogens with zero attached hydrogens (tertiary/aromatic N) is 3. The van der Waals surface area contributed by atoms with Crippen LogP contribution in [0.15, 0.2) is 73.1 Å². The maximum Gasteiger partial charge on any atom is 0.326 e. The first-order chi connectivity index (χ1) is 32.2. The molecular weight excluding hydrogens is 857 g/mol. The number of hydrogen-bond acceptors (Lipinski definition) is 11. The minimum Gasteiger partial charge on any atom is -0.507 e. The van der Waals surface area contributed by atoms with Crippen LogP contribution in [0.5, 0.6) is 11.5 Å². The van der Waals surface area contributed by atoms with Gasteiger partial charge in [-0.25, -0.2) is 14.8 Å². The number of rotatable bonds is 21. The Labute approximate surface area is 391 Å². The first-order valence-electron chi connectivity index (χ1n) is 23.1. The smallest absolute Gasteiger partial charge is 0.326 e. The maximum atomic E-state index is 14.4. The molecule has 1 aliphatic heterocycles. The lowest BCUT2D eigenvalue weighted by atomic mass is 9.93. The average molecular weight is 921 g/mol. The van der Waals surface area contributed by atoms with E-state index in [1.807, 2.05) is 12.1 Å². The zero-order chi connectivity index (χ0) is 48.5. The van der Waals surface area contributed by atoms with Crippen LogP contribution in [0.2, 0.25) is 0 Å². The summed E-state index contributed by atoms with van der Waals surface area (Å²) in [7, 11) is 1.35. The fourth-order valence-electron chi connectivity index (χ4n) is 8.01. The van der Waals surface area contributed by atoms with E-state index < -0.39 is 59.7 Å². The number of aromatic nitrogens is 2. The fourth-order valence-corrected chi connectivity index (χ4v) is 8.01. The Hall–Kier alpha value is -6.88. The van der Waals surface area contributed by atoms with Crippen molar-refractivity contribution in [2.75, 3.05) is 20.1 Å². The molecule has 358 valence electrons. The van der Waals surface area contributed by atoms with Crippen LogP contribution in [0.1, 0.15) is 118 Å². The fraction of sp³-hybridized carbons (Fsp3) is 0.440. The predicted molar refractivity (Wildman–Crippen MR) is 253 cm³/mol. The summed E-state index contributed by atoms with van der Waals surface area (Å²) in [5, 5.41) is 42.2. The molecule has 0 spiro atoms. The number of hydrogen-bond donors (Lipinski definition) is 8. The zero-order valence-electron chi connectivity index (χ0n) is 38.6. The SMILES string of the molecule is CCCCCCCCCc1ccc(-c2cnc(C(=O)NCCC(=O)N[C@@H](CCCCN)C(=O)N(C)[C@@H]3C(=O)N[C@@H](C)C(=O)N[C@H](C(=O)O)Cc4ccc(O)c(c4)-c4cc3ccc4O)nc2)cc1. The van der Waals surface area contributed by atoms with E-state index in [0.29, 0.717) is 24.9 Å². The monoisotopic (exact) mass is 920 g/mol. The predicted octanol–water partition coefficient (Wildman–Crippen LogP) is 5.08. The number of likely N-dealkylation sites (N-methyl/N-ethyl adjacent to an activating group) is 1. The largest absolute Gasteiger partial charge is 0.507 e. The van der Waals surface area contributed by atoms with Crippen molar-refractivity contribution < 1.29 is 44.1 Å². The first-order valence-corrected chi connectivity index (χ1v) is 23.1. The van der Waals surface area contributed by atoms with Gasteiger partial charge in [-0.2, -0.15) is 0 Å². The molecule has 17 heteroatoms. The molecule has 4 atom stereocenters. The van der Waals surface area contributed by atoms with Crippen molar-refractivity contribution >= 4 is 35.5 Å². The number of aryl methyl sites for hydroxylation is 1. The number of phenols is 2. The normalized spacial score (nSPS) is 16.4. The maximum absolute atomic E-state index is 14.4. The van der Waals surface area contributed by atoms with E-state index >= 15 is 0 Å². The number of carbonyl (C=O) groups excluding carboxylic acids is 5. The number of carbonyl (C=O) groups is 6. The van der Waals surface area contributed by atoms with Crippen molar-refractivity contribution in [3.63, 3.8) is 0 Å². The number of phenolic OH excluding ortho intramolecular Hbond substituents is 2. The Morgan fingerprint density at radius 1 is 0.821 bits per heavy atom. The van der Waals surface area contributed by atoms with E-state index in [0.717, 1.165) is 28.9 Å². The summed E-state index contributed by atoms with van der Waals surface area (Å²) in [5.41, 5.74) is 9.51. The van der Waals surface area contributed by atoms with Crippen LogP contribution in [0.25, 0.3) is 22.3 Å². The summed E-state index contributed by atoms with van der Waals surface area (Å²) >= 11 is 0. The molecule has 17 nitrogen and oxygen atoms in total.